The second-order valence-corrected chi connectivity index (χ2v) is 3.29. The first-order valence-electron chi connectivity index (χ1n) is 3.44. The first kappa shape index (κ1) is 6.82. The van der Waals surface area contributed by atoms with Crippen molar-refractivity contribution in [2.75, 3.05) is 0 Å². The molecule has 2 aromatic heterocycles. The number of nitrogens with two attached hydrogens (primary N) is 1. The van der Waals surface area contributed by atoms with Crippen molar-refractivity contribution in [3.8, 4) is 0 Å². The zero-order valence-corrected chi connectivity index (χ0v) is 7.06. The molecule has 2 heterocycles. The van der Waals surface area contributed by atoms with Crippen molar-refractivity contribution in [3.63, 3.8) is 0 Å². The Morgan fingerprint density at radius 1 is 1.73 bits per heavy atom. The molecule has 2 aromatic rings. The van der Waals surface area contributed by atoms with Crippen molar-refractivity contribution in [1.29, 1.82) is 0 Å². The summed E-state index contributed by atoms with van der Waals surface area (Å²) in [4.78, 5) is 5.52. The van der Waals surface area contributed by atoms with E-state index in [0.29, 0.717) is 6.54 Å². The Balaban J connectivity index is 2.80. The predicted octanol–water partition coefficient (Wildman–Crippen LogP) is 1.16. The van der Waals surface area contributed by atoms with E-state index in [-0.39, 0.29) is 0 Å². The average molecular weight is 167 g/mol. The Kier molecular flexibility index (Phi) is 1.44. The molecule has 0 saturated carbocycles. The van der Waals surface area contributed by atoms with E-state index in [1.54, 1.807) is 11.3 Å². The minimum Gasteiger partial charge on any atom is -0.324 e. The summed E-state index contributed by atoms with van der Waals surface area (Å²) < 4.78 is 2.04. The van der Waals surface area contributed by atoms with Crippen molar-refractivity contribution < 1.29 is 0 Å². The number of aromatic nitrogens is 2. The molecular weight excluding hydrogens is 158 g/mol. The quantitative estimate of drug-likeness (QED) is 0.692. The molecule has 0 bridgehead atoms. The van der Waals surface area contributed by atoms with Gasteiger partial charge in [-0.05, 0) is 6.92 Å². The summed E-state index contributed by atoms with van der Waals surface area (Å²) in [7, 11) is 0. The summed E-state index contributed by atoms with van der Waals surface area (Å²) in [5, 5.41) is 2.04. The fraction of sp³-hybridized carbons (Fsp3) is 0.286. The third-order valence-electron chi connectivity index (χ3n) is 1.68. The molecule has 3 nitrogen and oxygen atoms in total. The highest BCUT2D eigenvalue weighted by Crippen LogP contribution is 2.17. The van der Waals surface area contributed by atoms with Crippen molar-refractivity contribution in [1.82, 2.24) is 9.38 Å². The van der Waals surface area contributed by atoms with Crippen LogP contribution >= 0.6 is 11.3 Å². The number of fused-ring (bicyclic) bond motifs is 1. The Morgan fingerprint density at radius 3 is 3.27 bits per heavy atom. The standard InChI is InChI=1S/C7H9N3S/c1-5-7-10(2-3-11-7)6(4-8)9-5/h2-3H,4,8H2,1H3. The van der Waals surface area contributed by atoms with Crippen molar-refractivity contribution in [2.24, 2.45) is 5.73 Å². The van der Waals surface area contributed by atoms with Gasteiger partial charge in [0.15, 0.2) is 0 Å². The lowest BCUT2D eigenvalue weighted by Gasteiger charge is -1.88. The summed E-state index contributed by atoms with van der Waals surface area (Å²) in [6.07, 6.45) is 2.00. The lowest BCUT2D eigenvalue weighted by Crippen LogP contribution is -2.00. The molecule has 0 aliphatic carbocycles. The van der Waals surface area contributed by atoms with Crippen LogP contribution in [0.1, 0.15) is 11.5 Å². The van der Waals surface area contributed by atoms with Crippen molar-refractivity contribution >= 4 is 16.2 Å². The van der Waals surface area contributed by atoms with E-state index >= 15 is 0 Å². The molecule has 58 valence electrons. The molecule has 0 aliphatic rings. The molecule has 0 saturated heterocycles. The lowest BCUT2D eigenvalue weighted by atomic mass is 10.6. The second-order valence-electron chi connectivity index (χ2n) is 2.40. The van der Waals surface area contributed by atoms with Crippen LogP contribution in [0.3, 0.4) is 0 Å². The fourth-order valence-corrected chi connectivity index (χ4v) is 1.99. The predicted molar refractivity (Wildman–Crippen MR) is 45.7 cm³/mol. The SMILES string of the molecule is Cc1nc(CN)n2ccsc12. The van der Waals surface area contributed by atoms with E-state index in [1.165, 1.54) is 4.83 Å². The van der Waals surface area contributed by atoms with Crippen LogP contribution in [0.2, 0.25) is 0 Å². The first-order valence-corrected chi connectivity index (χ1v) is 4.32. The highest BCUT2D eigenvalue weighted by atomic mass is 32.1. The lowest BCUT2D eigenvalue weighted by molar-refractivity contribution is 0.904. The van der Waals surface area contributed by atoms with E-state index in [4.69, 9.17) is 5.73 Å². The summed E-state index contributed by atoms with van der Waals surface area (Å²) >= 11 is 1.70. The fourth-order valence-electron chi connectivity index (χ4n) is 1.18. The monoisotopic (exact) mass is 167 g/mol. The van der Waals surface area contributed by atoms with Crippen LogP contribution in [0, 0.1) is 6.92 Å². The molecule has 0 spiro atoms. The van der Waals surface area contributed by atoms with Crippen LogP contribution < -0.4 is 5.73 Å². The van der Waals surface area contributed by atoms with Gasteiger partial charge in [-0.1, -0.05) is 0 Å². The number of imidazole rings is 1. The zero-order valence-electron chi connectivity index (χ0n) is 6.24. The van der Waals surface area contributed by atoms with Crippen LogP contribution in [0.5, 0.6) is 0 Å². The van der Waals surface area contributed by atoms with Crippen molar-refractivity contribution in [3.05, 3.63) is 23.1 Å². The maximum absolute atomic E-state index is 5.51. The molecule has 0 aromatic carbocycles. The summed E-state index contributed by atoms with van der Waals surface area (Å²) in [6, 6.07) is 0. The van der Waals surface area contributed by atoms with Gasteiger partial charge >= 0.3 is 0 Å². The third-order valence-corrected chi connectivity index (χ3v) is 2.65. The maximum Gasteiger partial charge on any atom is 0.128 e. The minimum absolute atomic E-state index is 0.506. The van der Waals surface area contributed by atoms with E-state index < -0.39 is 0 Å². The number of hydrogen-bond acceptors (Lipinski definition) is 3. The van der Waals surface area contributed by atoms with Gasteiger partial charge in [0.25, 0.3) is 0 Å². The molecular formula is C7H9N3S. The molecule has 4 heteroatoms. The second kappa shape index (κ2) is 2.32. The highest BCUT2D eigenvalue weighted by Gasteiger charge is 2.05. The first-order chi connectivity index (χ1) is 5.33. The number of hydrogen-bond donors (Lipinski definition) is 1. The van der Waals surface area contributed by atoms with Crippen LogP contribution in [0.4, 0.5) is 0 Å². The molecule has 2 rings (SSSR count). The number of nitrogens with zero attached hydrogens (tertiary/aromatic N) is 2. The largest absolute Gasteiger partial charge is 0.324 e. The Morgan fingerprint density at radius 2 is 2.55 bits per heavy atom. The Bertz CT molecular complexity index is 374. The smallest absolute Gasteiger partial charge is 0.128 e. The molecule has 0 unspecified atom stereocenters. The van der Waals surface area contributed by atoms with Gasteiger partial charge in [-0.2, -0.15) is 0 Å². The van der Waals surface area contributed by atoms with Gasteiger partial charge in [-0.3, -0.25) is 4.40 Å². The summed E-state index contributed by atoms with van der Waals surface area (Å²) in [6.45, 7) is 2.51. The highest BCUT2D eigenvalue weighted by molar-refractivity contribution is 7.15. The van der Waals surface area contributed by atoms with Crippen LogP contribution in [0.25, 0.3) is 4.83 Å². The molecule has 0 amide bonds. The topological polar surface area (TPSA) is 43.3 Å². The van der Waals surface area contributed by atoms with Crippen LogP contribution in [-0.4, -0.2) is 9.38 Å². The van der Waals surface area contributed by atoms with E-state index in [9.17, 15) is 0 Å². The molecule has 2 N–H and O–H groups in total. The molecule has 11 heavy (non-hydrogen) atoms. The normalized spacial score (nSPS) is 11.1. The maximum atomic E-state index is 5.51. The van der Waals surface area contributed by atoms with Crippen LogP contribution in [-0.2, 0) is 6.54 Å². The van der Waals surface area contributed by atoms with Crippen LogP contribution in [0.15, 0.2) is 11.6 Å². The van der Waals surface area contributed by atoms with Gasteiger partial charge in [0.2, 0.25) is 0 Å². The van der Waals surface area contributed by atoms with Gasteiger partial charge in [0.1, 0.15) is 10.7 Å². The van der Waals surface area contributed by atoms with E-state index in [1.807, 2.05) is 22.9 Å². The van der Waals surface area contributed by atoms with Gasteiger partial charge in [0, 0.05) is 11.6 Å². The Labute approximate surface area is 68.5 Å². The summed E-state index contributed by atoms with van der Waals surface area (Å²) in [5.74, 6) is 0.943. The van der Waals surface area contributed by atoms with Gasteiger partial charge in [-0.25, -0.2) is 4.98 Å². The molecule has 0 aliphatic heterocycles. The summed E-state index contributed by atoms with van der Waals surface area (Å²) in [5.41, 5.74) is 6.58. The molecule has 0 fully saturated rings. The zero-order chi connectivity index (χ0) is 7.84. The van der Waals surface area contributed by atoms with E-state index in [2.05, 4.69) is 4.98 Å². The van der Waals surface area contributed by atoms with Gasteiger partial charge in [-0.15, -0.1) is 11.3 Å². The average Bonchev–Trinajstić information content (AvgIpc) is 2.54. The number of aryl methyl sites for hydroxylation is 1. The Hall–Kier alpha value is -0.870. The minimum atomic E-state index is 0.506. The molecule has 0 radical (unpaired) electrons. The number of thiazole rings is 1. The van der Waals surface area contributed by atoms with Crippen molar-refractivity contribution in [2.45, 2.75) is 13.5 Å². The van der Waals surface area contributed by atoms with Gasteiger partial charge < -0.3 is 5.73 Å². The number of rotatable bonds is 1. The van der Waals surface area contributed by atoms with Gasteiger partial charge in [0.05, 0.1) is 12.2 Å². The third kappa shape index (κ3) is 0.868. The van der Waals surface area contributed by atoms with E-state index in [0.717, 1.165) is 11.5 Å². The molecule has 0 atom stereocenters.